The molecular weight excluding hydrogens is 378 g/mol. The second-order valence-electron chi connectivity index (χ2n) is 6.68. The van der Waals surface area contributed by atoms with E-state index in [2.05, 4.69) is 15.6 Å². The maximum Gasteiger partial charge on any atom is 0.408 e. The number of aromatic nitrogens is 1. The summed E-state index contributed by atoms with van der Waals surface area (Å²) < 4.78 is 10.1. The first kappa shape index (κ1) is 20.2. The number of benzene rings is 1. The Balaban J connectivity index is 1.65. The molecule has 1 aromatic heterocycles. The molecule has 2 heterocycles. The van der Waals surface area contributed by atoms with Crippen LogP contribution in [0.2, 0.25) is 0 Å². The molecule has 3 rings (SSSR count). The first-order valence-electron chi connectivity index (χ1n) is 9.24. The summed E-state index contributed by atoms with van der Waals surface area (Å²) in [5, 5.41) is 4.98. The zero-order chi connectivity index (χ0) is 20.6. The van der Waals surface area contributed by atoms with Gasteiger partial charge in [0.1, 0.15) is 24.6 Å². The van der Waals surface area contributed by atoms with Crippen molar-refractivity contribution in [2.45, 2.75) is 31.9 Å². The van der Waals surface area contributed by atoms with Crippen LogP contribution in [-0.4, -0.2) is 35.1 Å². The largest absolute Gasteiger partial charge is 0.451 e. The van der Waals surface area contributed by atoms with E-state index in [-0.39, 0.29) is 18.7 Å². The average molecular weight is 399 g/mol. The second kappa shape index (κ2) is 9.63. The molecule has 0 spiro atoms. The Morgan fingerprint density at radius 3 is 2.79 bits per heavy atom. The molecule has 1 aliphatic heterocycles. The van der Waals surface area contributed by atoms with Crippen LogP contribution in [0.15, 0.2) is 47.4 Å². The van der Waals surface area contributed by atoms with Gasteiger partial charge in [0.05, 0.1) is 0 Å². The van der Waals surface area contributed by atoms with E-state index in [1.807, 2.05) is 18.2 Å². The minimum Gasteiger partial charge on any atom is -0.451 e. The maximum atomic E-state index is 12.8. The smallest absolute Gasteiger partial charge is 0.408 e. The minimum absolute atomic E-state index is 0.0354. The lowest BCUT2D eigenvalue weighted by atomic mass is 9.90. The van der Waals surface area contributed by atoms with Gasteiger partial charge in [-0.15, -0.1) is 0 Å². The van der Waals surface area contributed by atoms with Gasteiger partial charge in [-0.3, -0.25) is 14.4 Å². The Bertz CT molecular complexity index is 866. The molecular formula is C20H21N3O6. The highest BCUT2D eigenvalue weighted by Crippen LogP contribution is 2.22. The lowest BCUT2D eigenvalue weighted by Gasteiger charge is -2.18. The van der Waals surface area contributed by atoms with Crippen LogP contribution in [0, 0.1) is 5.92 Å². The fraction of sp³-hybridized carbons (Fsp3) is 0.350. The summed E-state index contributed by atoms with van der Waals surface area (Å²) in [6.45, 7) is 0.430. The van der Waals surface area contributed by atoms with Gasteiger partial charge >= 0.3 is 6.09 Å². The van der Waals surface area contributed by atoms with Crippen molar-refractivity contribution < 1.29 is 28.3 Å². The van der Waals surface area contributed by atoms with Crippen molar-refractivity contribution in [2.24, 2.45) is 5.92 Å². The quantitative estimate of drug-likeness (QED) is 0.678. The van der Waals surface area contributed by atoms with E-state index >= 15 is 0 Å². The van der Waals surface area contributed by atoms with Crippen LogP contribution < -0.4 is 10.6 Å². The Labute approximate surface area is 166 Å². The summed E-state index contributed by atoms with van der Waals surface area (Å²) in [5.74, 6) is -2.50. The van der Waals surface area contributed by atoms with E-state index in [4.69, 9.17) is 9.15 Å². The highest BCUT2D eigenvalue weighted by Gasteiger charge is 2.33. The van der Waals surface area contributed by atoms with Crippen molar-refractivity contribution in [1.82, 2.24) is 15.6 Å². The van der Waals surface area contributed by atoms with Crippen LogP contribution >= 0.6 is 0 Å². The number of alkyl carbamates (subject to hydrolysis) is 1. The fourth-order valence-corrected chi connectivity index (χ4v) is 3.08. The van der Waals surface area contributed by atoms with Gasteiger partial charge in [-0.2, -0.15) is 0 Å². The van der Waals surface area contributed by atoms with Crippen molar-refractivity contribution in [3.8, 4) is 0 Å². The number of ether oxygens (including phenoxy) is 1. The predicted octanol–water partition coefficient (Wildman–Crippen LogP) is 1.70. The van der Waals surface area contributed by atoms with Gasteiger partial charge in [-0.05, 0) is 18.4 Å². The Morgan fingerprint density at radius 1 is 1.28 bits per heavy atom. The Morgan fingerprint density at radius 2 is 2.07 bits per heavy atom. The van der Waals surface area contributed by atoms with Gasteiger partial charge < -0.3 is 19.8 Å². The molecule has 0 bridgehead atoms. The first-order chi connectivity index (χ1) is 14.0. The molecule has 152 valence electrons. The number of hydrogen-bond acceptors (Lipinski definition) is 7. The van der Waals surface area contributed by atoms with Crippen molar-refractivity contribution in [3.63, 3.8) is 0 Å². The van der Waals surface area contributed by atoms with E-state index in [1.54, 1.807) is 12.1 Å². The Hall–Kier alpha value is -3.49. The average Bonchev–Trinajstić information content (AvgIpc) is 3.22. The number of rotatable bonds is 7. The van der Waals surface area contributed by atoms with Gasteiger partial charge in [0.25, 0.3) is 5.91 Å². The molecule has 0 saturated carbocycles. The van der Waals surface area contributed by atoms with Crippen molar-refractivity contribution in [1.29, 1.82) is 0 Å². The Kier molecular flexibility index (Phi) is 6.72. The molecule has 1 fully saturated rings. The highest BCUT2D eigenvalue weighted by molar-refractivity contribution is 6.37. The third kappa shape index (κ3) is 5.50. The molecule has 1 saturated heterocycles. The summed E-state index contributed by atoms with van der Waals surface area (Å²) in [5.41, 5.74) is 0.985. The van der Waals surface area contributed by atoms with Crippen LogP contribution in [0.25, 0.3) is 0 Å². The summed E-state index contributed by atoms with van der Waals surface area (Å²) in [6, 6.07) is 7.94. The molecule has 29 heavy (non-hydrogen) atoms. The van der Waals surface area contributed by atoms with Crippen molar-refractivity contribution in [2.75, 3.05) is 6.54 Å². The van der Waals surface area contributed by atoms with Gasteiger partial charge in [0, 0.05) is 18.9 Å². The van der Waals surface area contributed by atoms with Crippen molar-refractivity contribution >= 4 is 23.6 Å². The van der Waals surface area contributed by atoms with Gasteiger partial charge in [0.2, 0.25) is 5.78 Å². The van der Waals surface area contributed by atoms with E-state index in [0.717, 1.165) is 12.0 Å². The number of carbonyl (C=O) groups excluding carboxylic acids is 4. The lowest BCUT2D eigenvalue weighted by molar-refractivity contribution is -0.140. The zero-order valence-electron chi connectivity index (χ0n) is 15.6. The number of amides is 2. The predicted molar refractivity (Wildman–Crippen MR) is 99.4 cm³/mol. The monoisotopic (exact) mass is 399 g/mol. The van der Waals surface area contributed by atoms with Gasteiger partial charge in [-0.25, -0.2) is 9.78 Å². The number of Topliss-reactive ketones (excluding diaryl/α,β-unsaturated/α-hetero) is 2. The topological polar surface area (TPSA) is 128 Å². The molecule has 0 aliphatic carbocycles. The van der Waals surface area contributed by atoms with Crippen molar-refractivity contribution in [3.05, 3.63) is 54.2 Å². The molecule has 9 nitrogen and oxygen atoms in total. The fourth-order valence-electron chi connectivity index (χ4n) is 3.08. The minimum atomic E-state index is -1.14. The number of ketones is 2. The third-order valence-corrected chi connectivity index (χ3v) is 4.60. The highest BCUT2D eigenvalue weighted by atomic mass is 16.5. The van der Waals surface area contributed by atoms with Crippen LogP contribution in [0.3, 0.4) is 0 Å². The zero-order valence-corrected chi connectivity index (χ0v) is 15.6. The third-order valence-electron chi connectivity index (χ3n) is 4.60. The number of hydrogen-bond donors (Lipinski definition) is 2. The molecule has 2 aromatic rings. The molecule has 0 radical (unpaired) electrons. The van der Waals surface area contributed by atoms with E-state index < -0.39 is 35.5 Å². The van der Waals surface area contributed by atoms with Crippen LogP contribution in [0.4, 0.5) is 4.79 Å². The second-order valence-corrected chi connectivity index (χ2v) is 6.68. The van der Waals surface area contributed by atoms with E-state index in [1.165, 1.54) is 6.26 Å². The summed E-state index contributed by atoms with van der Waals surface area (Å²) >= 11 is 0. The molecule has 2 unspecified atom stereocenters. The number of oxazole rings is 1. The van der Waals surface area contributed by atoms with Gasteiger partial charge in [0.15, 0.2) is 12.2 Å². The molecule has 1 aromatic carbocycles. The molecule has 2 amide bonds. The maximum absolute atomic E-state index is 12.8. The molecule has 2 atom stereocenters. The van der Waals surface area contributed by atoms with Gasteiger partial charge in [-0.1, -0.05) is 30.3 Å². The molecule has 9 heteroatoms. The molecule has 2 N–H and O–H groups in total. The summed E-state index contributed by atoms with van der Waals surface area (Å²) in [4.78, 5) is 52.9. The molecule has 1 aliphatic rings. The standard InChI is InChI=1S/C20H21N3O6/c24-16(9-14-7-4-8-21-19(26)18(14)25)17(15-11-28-12-22-15)23-20(27)29-10-13-5-2-1-3-6-13/h1-3,5-6,11-12,14,17H,4,7-10H2,(H,21,26)(H,23,27). The van der Waals surface area contributed by atoms with Crippen LogP contribution in [0.5, 0.6) is 0 Å². The summed E-state index contributed by atoms with van der Waals surface area (Å²) in [7, 11) is 0. The van der Waals surface area contributed by atoms with Crippen LogP contribution in [-0.2, 0) is 25.7 Å². The van der Waals surface area contributed by atoms with Crippen LogP contribution in [0.1, 0.15) is 36.6 Å². The van der Waals surface area contributed by atoms with E-state index in [9.17, 15) is 19.2 Å². The normalized spacial score (nSPS) is 17.7. The number of nitrogens with zero attached hydrogens (tertiary/aromatic N) is 1. The number of nitrogens with one attached hydrogen (secondary N) is 2. The SMILES string of the molecule is O=C(NC(C(=O)CC1CCCNC(=O)C1=O)c1cocn1)OCc1ccccc1. The number of carbonyl (C=O) groups is 4. The lowest BCUT2D eigenvalue weighted by Crippen LogP contribution is -2.37. The van der Waals surface area contributed by atoms with E-state index in [0.29, 0.717) is 19.4 Å². The first-order valence-corrected chi connectivity index (χ1v) is 9.24. The summed E-state index contributed by atoms with van der Waals surface area (Å²) in [6.07, 6.45) is 2.38.